The molecule has 2 bridgehead atoms. The number of aryl methyl sites for hydroxylation is 1. The van der Waals surface area contributed by atoms with Crippen LogP contribution in [0.1, 0.15) is 43.2 Å². The van der Waals surface area contributed by atoms with Gasteiger partial charge in [0, 0.05) is 19.6 Å². The molecule has 1 aromatic carbocycles. The summed E-state index contributed by atoms with van der Waals surface area (Å²) in [4.78, 5) is 13.1. The van der Waals surface area contributed by atoms with Gasteiger partial charge in [-0.2, -0.15) is 0 Å². The Morgan fingerprint density at radius 2 is 2.00 bits per heavy atom. The molecule has 4 aliphatic rings. The van der Waals surface area contributed by atoms with E-state index in [0.29, 0.717) is 13.1 Å². The summed E-state index contributed by atoms with van der Waals surface area (Å²) < 4.78 is 6.19. The highest BCUT2D eigenvalue weighted by Crippen LogP contribution is 2.45. The molecule has 5 rings (SSSR count). The number of carbonyl (C=O) groups is 1. The summed E-state index contributed by atoms with van der Waals surface area (Å²) in [5.41, 5.74) is 2.43. The molecule has 1 heterocycles. The lowest BCUT2D eigenvalue weighted by Crippen LogP contribution is -2.49. The number of nitrogens with zero attached hydrogens (tertiary/aromatic N) is 1. The molecular formula is C21H29NO3. The fourth-order valence-electron chi connectivity index (χ4n) is 5.00. The van der Waals surface area contributed by atoms with E-state index in [1.54, 1.807) is 0 Å². The van der Waals surface area contributed by atoms with Gasteiger partial charge < -0.3 is 9.84 Å². The van der Waals surface area contributed by atoms with Gasteiger partial charge in [-0.3, -0.25) is 9.69 Å². The van der Waals surface area contributed by atoms with Crippen LogP contribution in [-0.4, -0.2) is 35.7 Å². The number of ether oxygens (including phenoxy) is 1. The second kappa shape index (κ2) is 6.99. The molecule has 136 valence electrons. The molecule has 0 spiro atoms. The first-order chi connectivity index (χ1) is 12.1. The Balaban J connectivity index is 1.29. The number of rotatable bonds is 6. The average Bonchev–Trinajstić information content (AvgIpc) is 2.57. The van der Waals surface area contributed by atoms with Crippen molar-refractivity contribution in [3.8, 4) is 5.75 Å². The molecule has 1 atom stereocenters. The number of likely N-dealkylation sites (tertiary alicyclic amines) is 1. The highest BCUT2D eigenvalue weighted by molar-refractivity contribution is 5.71. The van der Waals surface area contributed by atoms with Gasteiger partial charge in [0.1, 0.15) is 5.75 Å². The summed E-state index contributed by atoms with van der Waals surface area (Å²) in [5, 5.41) is 8.96. The molecule has 4 fully saturated rings. The fraction of sp³-hybridized carbons (Fsp3) is 0.667. The van der Waals surface area contributed by atoms with Gasteiger partial charge in [-0.25, -0.2) is 0 Å². The normalized spacial score (nSPS) is 29.4. The molecule has 1 saturated heterocycles. The number of carboxylic acids is 1. The summed E-state index contributed by atoms with van der Waals surface area (Å²) >= 11 is 0. The van der Waals surface area contributed by atoms with Crippen LogP contribution in [0.25, 0.3) is 0 Å². The van der Waals surface area contributed by atoms with Gasteiger partial charge in [-0.15, -0.1) is 0 Å². The van der Waals surface area contributed by atoms with Gasteiger partial charge in [-0.1, -0.05) is 25.0 Å². The van der Waals surface area contributed by atoms with E-state index in [2.05, 4.69) is 30.0 Å². The van der Waals surface area contributed by atoms with Crippen molar-refractivity contribution in [3.05, 3.63) is 29.3 Å². The Morgan fingerprint density at radius 1 is 1.24 bits per heavy atom. The Hall–Kier alpha value is -1.55. The molecule has 1 N–H and O–H groups in total. The predicted octanol–water partition coefficient (Wildman–Crippen LogP) is 3.72. The summed E-state index contributed by atoms with van der Waals surface area (Å²) in [6, 6.07) is 6.42. The lowest BCUT2D eigenvalue weighted by molar-refractivity contribution is -0.147. The minimum absolute atomic E-state index is 0.186. The van der Waals surface area contributed by atoms with E-state index in [1.807, 2.05) is 0 Å². The van der Waals surface area contributed by atoms with E-state index in [9.17, 15) is 4.79 Å². The van der Waals surface area contributed by atoms with Crippen molar-refractivity contribution in [1.29, 1.82) is 0 Å². The lowest BCUT2D eigenvalue weighted by atomic mass is 9.65. The third-order valence-electron chi connectivity index (χ3n) is 6.60. The first-order valence-electron chi connectivity index (χ1n) is 9.76. The monoisotopic (exact) mass is 343 g/mol. The van der Waals surface area contributed by atoms with Gasteiger partial charge in [0.15, 0.2) is 0 Å². The van der Waals surface area contributed by atoms with E-state index in [-0.39, 0.29) is 5.92 Å². The van der Waals surface area contributed by atoms with Crippen LogP contribution in [0, 0.1) is 30.6 Å². The summed E-state index contributed by atoms with van der Waals surface area (Å²) in [6.07, 6.45) is 7.05. The number of carboxylic acid groups (broad SMARTS) is 1. The van der Waals surface area contributed by atoms with Crippen molar-refractivity contribution < 1.29 is 14.6 Å². The third kappa shape index (κ3) is 3.69. The van der Waals surface area contributed by atoms with Crippen molar-refractivity contribution in [2.45, 2.75) is 45.6 Å². The maximum absolute atomic E-state index is 10.9. The van der Waals surface area contributed by atoms with Crippen molar-refractivity contribution in [1.82, 2.24) is 4.90 Å². The molecule has 3 saturated carbocycles. The number of hydrogen-bond acceptors (Lipinski definition) is 3. The SMILES string of the molecule is Cc1cc(CN2CC(C(=O)O)C2)ccc1OCC1CC2CCC1CC2. The van der Waals surface area contributed by atoms with Crippen molar-refractivity contribution in [2.75, 3.05) is 19.7 Å². The Morgan fingerprint density at radius 3 is 2.60 bits per heavy atom. The number of fused-ring (bicyclic) bond motifs is 3. The van der Waals surface area contributed by atoms with Crippen LogP contribution in [0.2, 0.25) is 0 Å². The van der Waals surface area contributed by atoms with Crippen LogP contribution in [0.3, 0.4) is 0 Å². The molecule has 3 aliphatic carbocycles. The standard InChI is InChI=1S/C21H29NO3/c1-14-8-16(10-22-11-19(12-22)21(23)24)4-7-20(14)25-13-18-9-15-2-5-17(18)6-3-15/h4,7-8,15,17-19H,2-3,5-6,9-13H2,1H3,(H,23,24). The molecule has 0 aromatic heterocycles. The van der Waals surface area contributed by atoms with Gasteiger partial charge in [0.05, 0.1) is 12.5 Å². The van der Waals surface area contributed by atoms with Gasteiger partial charge in [0.2, 0.25) is 0 Å². The summed E-state index contributed by atoms with van der Waals surface area (Å²) in [6.45, 7) is 5.14. The molecule has 25 heavy (non-hydrogen) atoms. The molecule has 1 unspecified atom stereocenters. The Bertz CT molecular complexity index is 630. The molecule has 4 nitrogen and oxygen atoms in total. The maximum Gasteiger partial charge on any atom is 0.309 e. The molecule has 1 aromatic rings. The van der Waals surface area contributed by atoms with E-state index in [1.165, 1.54) is 43.2 Å². The van der Waals surface area contributed by atoms with Gasteiger partial charge in [-0.05, 0) is 61.1 Å². The van der Waals surface area contributed by atoms with Gasteiger partial charge >= 0.3 is 5.97 Å². The predicted molar refractivity (Wildman–Crippen MR) is 96.6 cm³/mol. The van der Waals surface area contributed by atoms with E-state index in [4.69, 9.17) is 9.84 Å². The smallest absolute Gasteiger partial charge is 0.309 e. The largest absolute Gasteiger partial charge is 0.493 e. The van der Waals surface area contributed by atoms with Crippen molar-refractivity contribution in [2.24, 2.45) is 23.7 Å². The van der Waals surface area contributed by atoms with Crippen LogP contribution < -0.4 is 4.74 Å². The zero-order valence-corrected chi connectivity index (χ0v) is 15.1. The highest BCUT2D eigenvalue weighted by atomic mass is 16.5. The zero-order valence-electron chi connectivity index (χ0n) is 15.1. The number of benzene rings is 1. The zero-order chi connectivity index (χ0) is 17.4. The van der Waals surface area contributed by atoms with Crippen LogP contribution in [0.15, 0.2) is 18.2 Å². The summed E-state index contributed by atoms with van der Waals surface area (Å²) in [5.74, 6) is 2.74. The lowest BCUT2D eigenvalue weighted by Gasteiger charge is -2.42. The fourth-order valence-corrected chi connectivity index (χ4v) is 5.00. The minimum atomic E-state index is -0.674. The molecule has 0 radical (unpaired) electrons. The minimum Gasteiger partial charge on any atom is -0.493 e. The summed E-state index contributed by atoms with van der Waals surface area (Å²) in [7, 11) is 0. The second-order valence-corrected chi connectivity index (χ2v) is 8.42. The topological polar surface area (TPSA) is 49.8 Å². The number of hydrogen-bond donors (Lipinski definition) is 1. The Kier molecular flexibility index (Phi) is 4.72. The number of aliphatic carboxylic acids is 1. The highest BCUT2D eigenvalue weighted by Gasteiger charge is 2.36. The molecule has 4 heteroatoms. The van der Waals surface area contributed by atoms with Crippen LogP contribution >= 0.6 is 0 Å². The molecular weight excluding hydrogens is 314 g/mol. The van der Waals surface area contributed by atoms with E-state index in [0.717, 1.165) is 36.7 Å². The van der Waals surface area contributed by atoms with Gasteiger partial charge in [0.25, 0.3) is 0 Å². The third-order valence-corrected chi connectivity index (χ3v) is 6.60. The maximum atomic E-state index is 10.9. The second-order valence-electron chi connectivity index (χ2n) is 8.42. The molecule has 1 aliphatic heterocycles. The van der Waals surface area contributed by atoms with Crippen molar-refractivity contribution >= 4 is 5.97 Å². The van der Waals surface area contributed by atoms with Crippen molar-refractivity contribution in [3.63, 3.8) is 0 Å². The first-order valence-corrected chi connectivity index (χ1v) is 9.76. The quantitative estimate of drug-likeness (QED) is 0.855. The first kappa shape index (κ1) is 16.9. The Labute approximate surface area is 150 Å². The van der Waals surface area contributed by atoms with E-state index >= 15 is 0 Å². The van der Waals surface area contributed by atoms with Crippen LogP contribution in [-0.2, 0) is 11.3 Å². The van der Waals surface area contributed by atoms with E-state index < -0.39 is 5.97 Å². The van der Waals surface area contributed by atoms with Crippen LogP contribution in [0.4, 0.5) is 0 Å². The molecule has 0 amide bonds. The average molecular weight is 343 g/mol. The van der Waals surface area contributed by atoms with Crippen LogP contribution in [0.5, 0.6) is 5.75 Å².